The highest BCUT2D eigenvalue weighted by atomic mass is 32.2. The van der Waals surface area contributed by atoms with E-state index in [9.17, 15) is 31.5 Å². The van der Waals surface area contributed by atoms with Crippen LogP contribution in [-0.2, 0) is 16.2 Å². The zero-order chi connectivity index (χ0) is 23.5. The van der Waals surface area contributed by atoms with E-state index in [1.807, 2.05) is 0 Å². The van der Waals surface area contributed by atoms with E-state index < -0.39 is 38.3 Å². The highest BCUT2D eigenvalue weighted by Gasteiger charge is 2.32. The number of carboxylic acid groups (broad SMARTS) is 1. The molecule has 0 bridgehead atoms. The molecule has 1 saturated carbocycles. The number of nitrogens with one attached hydrogen (secondary N) is 1. The number of hydrogen-bond acceptors (Lipinski definition) is 5. The van der Waals surface area contributed by atoms with E-state index in [1.165, 1.54) is 7.11 Å². The van der Waals surface area contributed by atoms with E-state index in [0.717, 1.165) is 49.6 Å². The van der Waals surface area contributed by atoms with Gasteiger partial charge < -0.3 is 14.6 Å². The second-order valence-corrected chi connectivity index (χ2v) is 9.01. The molecule has 3 rings (SSSR count). The molecule has 0 saturated heterocycles. The Kier molecular flexibility index (Phi) is 6.87. The highest BCUT2D eigenvalue weighted by molar-refractivity contribution is 7.92. The summed E-state index contributed by atoms with van der Waals surface area (Å²) in [6, 6.07) is 5.75. The molecule has 7 nitrogen and oxygen atoms in total. The molecule has 0 unspecified atom stereocenters. The molecule has 0 atom stereocenters. The minimum absolute atomic E-state index is 0.0400. The van der Waals surface area contributed by atoms with Crippen LogP contribution in [0, 0.1) is 0 Å². The van der Waals surface area contributed by atoms with Gasteiger partial charge in [0.15, 0.2) is 0 Å². The number of carboxylic acids is 1. The van der Waals surface area contributed by atoms with Crippen molar-refractivity contribution in [2.45, 2.75) is 49.3 Å². The number of sulfonamides is 1. The predicted octanol–water partition coefficient (Wildman–Crippen LogP) is 4.92. The summed E-state index contributed by atoms with van der Waals surface area (Å²) in [6.07, 6.45) is -0.676. The van der Waals surface area contributed by atoms with Crippen molar-refractivity contribution >= 4 is 21.7 Å². The number of anilines is 1. The van der Waals surface area contributed by atoms with Gasteiger partial charge in [0.05, 0.1) is 30.0 Å². The second kappa shape index (κ2) is 9.27. The third-order valence-corrected chi connectivity index (χ3v) is 6.48. The van der Waals surface area contributed by atoms with Crippen LogP contribution < -0.4 is 14.2 Å². The molecule has 0 radical (unpaired) electrons. The Bertz CT molecular complexity index is 1100. The lowest BCUT2D eigenvalue weighted by molar-refractivity contribution is -0.137. The number of carbonyl (C=O) groups is 1. The topological polar surface area (TPSA) is 102 Å². The van der Waals surface area contributed by atoms with Gasteiger partial charge in [-0.25, -0.2) is 13.2 Å². The van der Waals surface area contributed by atoms with E-state index in [4.69, 9.17) is 9.47 Å². The van der Waals surface area contributed by atoms with Crippen molar-refractivity contribution in [3.8, 4) is 11.5 Å². The number of alkyl halides is 3. The normalized spacial score (nSPS) is 15.2. The molecule has 174 valence electrons. The van der Waals surface area contributed by atoms with Gasteiger partial charge in [-0.2, -0.15) is 13.2 Å². The van der Waals surface area contributed by atoms with Crippen molar-refractivity contribution in [2.24, 2.45) is 0 Å². The number of benzene rings is 2. The van der Waals surface area contributed by atoms with Crippen LogP contribution in [0.5, 0.6) is 11.5 Å². The van der Waals surface area contributed by atoms with Crippen LogP contribution in [0.1, 0.15) is 48.0 Å². The van der Waals surface area contributed by atoms with Gasteiger partial charge in [0.25, 0.3) is 10.0 Å². The SMILES string of the molecule is COc1ccc(C(=O)O)cc1S(=O)(=O)Nc1cc(C(F)(F)F)ccc1OC1CCCCC1. The van der Waals surface area contributed by atoms with Crippen molar-refractivity contribution in [2.75, 3.05) is 11.8 Å². The quantitative estimate of drug-likeness (QED) is 0.592. The van der Waals surface area contributed by atoms with Gasteiger partial charge in [0.1, 0.15) is 16.4 Å². The molecular formula is C21H22F3NO6S. The maximum absolute atomic E-state index is 13.3. The van der Waals surface area contributed by atoms with Gasteiger partial charge in [-0.05, 0) is 62.1 Å². The monoisotopic (exact) mass is 473 g/mol. The number of methoxy groups -OCH3 is 1. The standard InChI is InChI=1S/C21H22F3NO6S/c1-30-18-9-7-13(20(26)27)11-19(18)32(28,29)25-16-12-14(21(22,23)24)8-10-17(16)31-15-5-3-2-4-6-15/h7-12,15,25H,2-6H2,1H3,(H,26,27). The molecule has 32 heavy (non-hydrogen) atoms. The van der Waals surface area contributed by atoms with Crippen molar-refractivity contribution in [1.82, 2.24) is 0 Å². The Labute approximate surface area is 183 Å². The maximum Gasteiger partial charge on any atom is 0.416 e. The van der Waals surface area contributed by atoms with E-state index in [-0.39, 0.29) is 23.2 Å². The molecule has 0 spiro atoms. The molecule has 0 aliphatic heterocycles. The van der Waals surface area contributed by atoms with Crippen molar-refractivity contribution in [3.05, 3.63) is 47.5 Å². The summed E-state index contributed by atoms with van der Waals surface area (Å²) >= 11 is 0. The summed E-state index contributed by atoms with van der Waals surface area (Å²) in [6.45, 7) is 0. The molecule has 11 heteroatoms. The van der Waals surface area contributed by atoms with E-state index >= 15 is 0 Å². The fraction of sp³-hybridized carbons (Fsp3) is 0.381. The first-order chi connectivity index (χ1) is 15.0. The first-order valence-electron chi connectivity index (χ1n) is 9.83. The Hall–Kier alpha value is -2.95. The van der Waals surface area contributed by atoms with Gasteiger partial charge in [-0.15, -0.1) is 0 Å². The van der Waals surface area contributed by atoms with Gasteiger partial charge in [-0.1, -0.05) is 6.42 Å². The van der Waals surface area contributed by atoms with Crippen LogP contribution in [0.15, 0.2) is 41.3 Å². The average Bonchev–Trinajstić information content (AvgIpc) is 2.74. The van der Waals surface area contributed by atoms with E-state index in [0.29, 0.717) is 18.9 Å². The third kappa shape index (κ3) is 5.45. The second-order valence-electron chi connectivity index (χ2n) is 7.36. The van der Waals surface area contributed by atoms with Gasteiger partial charge in [0.2, 0.25) is 0 Å². The smallest absolute Gasteiger partial charge is 0.416 e. The summed E-state index contributed by atoms with van der Waals surface area (Å²) in [5, 5.41) is 9.18. The first kappa shape index (κ1) is 23.7. The Morgan fingerprint density at radius 2 is 1.72 bits per heavy atom. The van der Waals surface area contributed by atoms with Gasteiger partial charge >= 0.3 is 12.1 Å². The fourth-order valence-electron chi connectivity index (χ4n) is 3.47. The minimum atomic E-state index is -4.70. The highest BCUT2D eigenvalue weighted by Crippen LogP contribution is 2.38. The maximum atomic E-state index is 13.3. The predicted molar refractivity (Wildman–Crippen MR) is 110 cm³/mol. The van der Waals surface area contributed by atoms with Crippen LogP contribution in [0.3, 0.4) is 0 Å². The molecule has 0 amide bonds. The first-order valence-corrected chi connectivity index (χ1v) is 11.3. The molecule has 1 aliphatic rings. The molecule has 2 aromatic carbocycles. The lowest BCUT2D eigenvalue weighted by Gasteiger charge is -2.25. The molecule has 0 aromatic heterocycles. The van der Waals surface area contributed by atoms with Crippen LogP contribution in [0.2, 0.25) is 0 Å². The van der Waals surface area contributed by atoms with Crippen molar-refractivity contribution in [1.29, 1.82) is 0 Å². The lowest BCUT2D eigenvalue weighted by Crippen LogP contribution is -2.22. The number of hydrogen-bond donors (Lipinski definition) is 2. The Balaban J connectivity index is 2.03. The average molecular weight is 473 g/mol. The summed E-state index contributed by atoms with van der Waals surface area (Å²) in [7, 11) is -3.33. The zero-order valence-corrected chi connectivity index (χ0v) is 17.9. The summed E-state index contributed by atoms with van der Waals surface area (Å²) in [4.78, 5) is 10.7. The van der Waals surface area contributed by atoms with Crippen LogP contribution in [-0.4, -0.2) is 32.7 Å². The fourth-order valence-corrected chi connectivity index (χ4v) is 4.73. The summed E-state index contributed by atoms with van der Waals surface area (Å²) < 4.78 is 78.9. The summed E-state index contributed by atoms with van der Waals surface area (Å²) in [5.41, 5.74) is -1.78. The van der Waals surface area contributed by atoms with Gasteiger partial charge in [-0.3, -0.25) is 4.72 Å². The lowest BCUT2D eigenvalue weighted by atomic mass is 9.98. The van der Waals surface area contributed by atoms with Crippen LogP contribution in [0.4, 0.5) is 18.9 Å². The van der Waals surface area contributed by atoms with Crippen molar-refractivity contribution < 1.29 is 41.0 Å². The molecule has 2 N–H and O–H groups in total. The summed E-state index contributed by atoms with van der Waals surface area (Å²) in [5.74, 6) is -1.57. The Morgan fingerprint density at radius 3 is 2.31 bits per heavy atom. The zero-order valence-electron chi connectivity index (χ0n) is 17.1. The molecule has 2 aromatic rings. The minimum Gasteiger partial charge on any atom is -0.495 e. The third-order valence-electron chi connectivity index (χ3n) is 5.10. The molecule has 0 heterocycles. The molecule has 1 fully saturated rings. The van der Waals surface area contributed by atoms with E-state index in [1.54, 1.807) is 0 Å². The van der Waals surface area contributed by atoms with Gasteiger partial charge in [0, 0.05) is 0 Å². The molecular weight excluding hydrogens is 451 g/mol. The number of ether oxygens (including phenoxy) is 2. The Morgan fingerprint density at radius 1 is 1.06 bits per heavy atom. The van der Waals surface area contributed by atoms with Crippen LogP contribution >= 0.6 is 0 Å². The number of aromatic carboxylic acids is 1. The van der Waals surface area contributed by atoms with Crippen LogP contribution in [0.25, 0.3) is 0 Å². The largest absolute Gasteiger partial charge is 0.495 e. The molecule has 1 aliphatic carbocycles. The van der Waals surface area contributed by atoms with Crippen molar-refractivity contribution in [3.63, 3.8) is 0 Å². The van der Waals surface area contributed by atoms with E-state index in [2.05, 4.69) is 4.72 Å². The number of halogens is 3. The number of rotatable bonds is 7.